The highest BCUT2D eigenvalue weighted by atomic mass is 35.5. The van der Waals surface area contributed by atoms with Crippen molar-refractivity contribution in [2.75, 3.05) is 11.9 Å². The molecule has 6 heteroatoms. The Labute approximate surface area is 96.9 Å². The summed E-state index contributed by atoms with van der Waals surface area (Å²) in [5, 5.41) is 29.0. The van der Waals surface area contributed by atoms with Gasteiger partial charge in [0.25, 0.3) is 0 Å². The van der Waals surface area contributed by atoms with E-state index in [-0.39, 0.29) is 11.6 Å². The van der Waals surface area contributed by atoms with E-state index in [2.05, 4.69) is 5.32 Å². The molecule has 3 N–H and O–H groups in total. The van der Waals surface area contributed by atoms with Crippen LogP contribution in [0.3, 0.4) is 0 Å². The summed E-state index contributed by atoms with van der Waals surface area (Å²) < 4.78 is 0. The molecule has 0 aromatic heterocycles. The van der Waals surface area contributed by atoms with E-state index >= 15 is 0 Å². The molecule has 1 aromatic carbocycles. The summed E-state index contributed by atoms with van der Waals surface area (Å²) in [6.45, 7) is -0.127. The molecule has 0 fully saturated rings. The number of anilines is 1. The highest BCUT2D eigenvalue weighted by molar-refractivity contribution is 6.32. The van der Waals surface area contributed by atoms with Crippen molar-refractivity contribution in [2.24, 2.45) is 0 Å². The number of hydrogen-bond donors (Lipinski definition) is 3. The summed E-state index contributed by atoms with van der Waals surface area (Å²) in [5.41, 5.74) is 0.885. The van der Waals surface area contributed by atoms with Gasteiger partial charge in [-0.25, -0.2) is 4.79 Å². The number of benzene rings is 1. The minimum atomic E-state index is -1.48. The van der Waals surface area contributed by atoms with Crippen LogP contribution in [0.4, 0.5) is 5.69 Å². The number of rotatable bonds is 4. The second-order valence-electron chi connectivity index (χ2n) is 3.04. The number of aliphatic hydroxyl groups excluding tert-OH is 1. The Bertz CT molecular complexity index is 442. The normalized spacial score (nSPS) is 11.6. The fraction of sp³-hybridized carbons (Fsp3) is 0.200. The van der Waals surface area contributed by atoms with Gasteiger partial charge in [0.1, 0.15) is 6.07 Å². The minimum Gasteiger partial charge on any atom is -0.479 e. The summed E-state index contributed by atoms with van der Waals surface area (Å²) in [6, 6.07) is 6.49. The SMILES string of the molecule is N#Cc1ccc(NC[C@H](O)C(=O)O)cc1Cl. The summed E-state index contributed by atoms with van der Waals surface area (Å²) in [7, 11) is 0. The van der Waals surface area contributed by atoms with Crippen molar-refractivity contribution in [3.63, 3.8) is 0 Å². The van der Waals surface area contributed by atoms with Gasteiger partial charge < -0.3 is 15.5 Å². The van der Waals surface area contributed by atoms with E-state index in [1.807, 2.05) is 6.07 Å². The molecule has 0 aliphatic heterocycles. The number of carbonyl (C=O) groups is 1. The molecule has 1 aromatic rings. The summed E-state index contributed by atoms with van der Waals surface area (Å²) in [5.74, 6) is -1.30. The van der Waals surface area contributed by atoms with Crippen molar-refractivity contribution < 1.29 is 15.0 Å². The number of carboxylic acid groups (broad SMARTS) is 1. The lowest BCUT2D eigenvalue weighted by atomic mass is 10.2. The van der Waals surface area contributed by atoms with Crippen molar-refractivity contribution in [1.82, 2.24) is 0 Å². The maximum atomic E-state index is 10.3. The summed E-state index contributed by atoms with van der Waals surface area (Å²) in [4.78, 5) is 10.3. The van der Waals surface area contributed by atoms with Gasteiger partial charge in [-0.05, 0) is 18.2 Å². The lowest BCUT2D eigenvalue weighted by Gasteiger charge is -2.09. The second-order valence-corrected chi connectivity index (χ2v) is 3.45. The van der Waals surface area contributed by atoms with Crippen LogP contribution in [0.15, 0.2) is 18.2 Å². The maximum absolute atomic E-state index is 10.3. The van der Waals surface area contributed by atoms with E-state index < -0.39 is 12.1 Å². The van der Waals surface area contributed by atoms with Gasteiger partial charge in [0.05, 0.1) is 17.1 Å². The van der Waals surface area contributed by atoms with Crippen molar-refractivity contribution in [1.29, 1.82) is 5.26 Å². The second kappa shape index (κ2) is 5.35. The number of nitrogens with one attached hydrogen (secondary N) is 1. The molecule has 0 radical (unpaired) electrons. The molecule has 0 saturated heterocycles. The van der Waals surface area contributed by atoms with Gasteiger partial charge in [-0.2, -0.15) is 5.26 Å². The van der Waals surface area contributed by atoms with Crippen LogP contribution in [-0.2, 0) is 4.79 Å². The van der Waals surface area contributed by atoms with Crippen molar-refractivity contribution >= 4 is 23.3 Å². The van der Waals surface area contributed by atoms with Gasteiger partial charge in [-0.3, -0.25) is 0 Å². The molecular formula is C10H9ClN2O3. The monoisotopic (exact) mass is 240 g/mol. The molecule has 0 spiro atoms. The van der Waals surface area contributed by atoms with Crippen LogP contribution in [0.2, 0.25) is 5.02 Å². The lowest BCUT2D eigenvalue weighted by molar-refractivity contribution is -0.145. The molecule has 5 nitrogen and oxygen atoms in total. The predicted octanol–water partition coefficient (Wildman–Crippen LogP) is 1.07. The standard InChI is InChI=1S/C10H9ClN2O3/c11-8-3-7(2-1-6(8)4-12)13-5-9(14)10(15)16/h1-3,9,13-14H,5H2,(H,15,16)/t9-/m0/s1. The van der Waals surface area contributed by atoms with Crippen LogP contribution < -0.4 is 5.32 Å². The topological polar surface area (TPSA) is 93.4 Å². The fourth-order valence-electron chi connectivity index (χ4n) is 1.02. The smallest absolute Gasteiger partial charge is 0.334 e. The third-order valence-electron chi connectivity index (χ3n) is 1.87. The molecule has 0 aliphatic rings. The maximum Gasteiger partial charge on any atom is 0.334 e. The minimum absolute atomic E-state index is 0.127. The zero-order chi connectivity index (χ0) is 12.1. The summed E-state index contributed by atoms with van der Waals surface area (Å²) in [6.07, 6.45) is -1.48. The first-order valence-corrected chi connectivity index (χ1v) is 4.76. The number of nitrogens with zero attached hydrogens (tertiary/aromatic N) is 1. The van der Waals surface area contributed by atoms with E-state index in [1.54, 1.807) is 6.07 Å². The number of aliphatic carboxylic acids is 1. The molecule has 0 saturated carbocycles. The third kappa shape index (κ3) is 3.12. The Morgan fingerprint density at radius 1 is 1.62 bits per heavy atom. The average molecular weight is 241 g/mol. The van der Waals surface area contributed by atoms with E-state index in [9.17, 15) is 4.79 Å². The van der Waals surface area contributed by atoms with Crippen LogP contribution >= 0.6 is 11.6 Å². The van der Waals surface area contributed by atoms with Crippen molar-refractivity contribution in [3.8, 4) is 6.07 Å². The van der Waals surface area contributed by atoms with Crippen LogP contribution in [0, 0.1) is 11.3 Å². The van der Waals surface area contributed by atoms with Crippen LogP contribution in [0.25, 0.3) is 0 Å². The van der Waals surface area contributed by atoms with Gasteiger partial charge >= 0.3 is 5.97 Å². The molecule has 0 heterocycles. The first-order valence-electron chi connectivity index (χ1n) is 4.39. The number of hydrogen-bond acceptors (Lipinski definition) is 4. The Morgan fingerprint density at radius 3 is 2.81 bits per heavy atom. The zero-order valence-electron chi connectivity index (χ0n) is 8.14. The van der Waals surface area contributed by atoms with E-state index in [0.29, 0.717) is 11.3 Å². The molecule has 16 heavy (non-hydrogen) atoms. The molecule has 1 rings (SSSR count). The zero-order valence-corrected chi connectivity index (χ0v) is 8.90. The first kappa shape index (κ1) is 12.3. The number of carboxylic acids is 1. The van der Waals surface area contributed by atoms with Crippen LogP contribution in [0.1, 0.15) is 5.56 Å². The van der Waals surface area contributed by atoms with Gasteiger partial charge in [0.2, 0.25) is 0 Å². The van der Waals surface area contributed by atoms with Crippen LogP contribution in [0.5, 0.6) is 0 Å². The average Bonchev–Trinajstić information content (AvgIpc) is 2.25. The quantitative estimate of drug-likeness (QED) is 0.732. The van der Waals surface area contributed by atoms with Gasteiger partial charge in [-0.1, -0.05) is 11.6 Å². The molecule has 0 aliphatic carbocycles. The molecular weight excluding hydrogens is 232 g/mol. The van der Waals surface area contributed by atoms with Crippen molar-refractivity contribution in [3.05, 3.63) is 28.8 Å². The van der Waals surface area contributed by atoms with E-state index in [0.717, 1.165) is 0 Å². The molecule has 0 unspecified atom stereocenters. The molecule has 0 bridgehead atoms. The Kier molecular flexibility index (Phi) is 4.11. The molecule has 0 amide bonds. The van der Waals surface area contributed by atoms with Crippen molar-refractivity contribution in [2.45, 2.75) is 6.10 Å². The van der Waals surface area contributed by atoms with Gasteiger partial charge in [0, 0.05) is 5.69 Å². The Hall–Kier alpha value is -1.77. The third-order valence-corrected chi connectivity index (χ3v) is 2.19. The van der Waals surface area contributed by atoms with Gasteiger partial charge in [-0.15, -0.1) is 0 Å². The van der Waals surface area contributed by atoms with E-state index in [4.69, 9.17) is 27.1 Å². The highest BCUT2D eigenvalue weighted by Crippen LogP contribution is 2.19. The molecule has 1 atom stereocenters. The lowest BCUT2D eigenvalue weighted by Crippen LogP contribution is -2.28. The number of halogens is 1. The Morgan fingerprint density at radius 2 is 2.31 bits per heavy atom. The highest BCUT2D eigenvalue weighted by Gasteiger charge is 2.12. The predicted molar refractivity (Wildman–Crippen MR) is 58.3 cm³/mol. The fourth-order valence-corrected chi connectivity index (χ4v) is 1.24. The number of aliphatic hydroxyl groups is 1. The van der Waals surface area contributed by atoms with Gasteiger partial charge in [0.15, 0.2) is 6.10 Å². The largest absolute Gasteiger partial charge is 0.479 e. The number of nitriles is 1. The summed E-state index contributed by atoms with van der Waals surface area (Å²) >= 11 is 5.77. The van der Waals surface area contributed by atoms with Crippen LogP contribution in [-0.4, -0.2) is 28.8 Å². The Balaban J connectivity index is 2.66. The first-order chi connectivity index (χ1) is 7.54. The van der Waals surface area contributed by atoms with E-state index in [1.165, 1.54) is 12.1 Å². The molecule has 84 valence electrons.